The lowest BCUT2D eigenvalue weighted by molar-refractivity contribution is 0.0447. The smallest absolute Gasteiger partial charge is 0.183 e. The largest absolute Gasteiger partial charge is 0.497 e. The fraction of sp³-hybridized carbons (Fsp3) is 0.500. The summed E-state index contributed by atoms with van der Waals surface area (Å²) in [5.74, 6) is 0.757. The molecule has 0 saturated carbocycles. The molecule has 1 aliphatic heterocycles. The highest BCUT2D eigenvalue weighted by molar-refractivity contribution is 6.04. The van der Waals surface area contributed by atoms with Crippen LogP contribution in [0, 0.1) is 6.92 Å². The summed E-state index contributed by atoms with van der Waals surface area (Å²) >= 11 is 0. The Morgan fingerprint density at radius 3 is 2.61 bits per heavy atom. The molecule has 1 aromatic carbocycles. The van der Waals surface area contributed by atoms with Gasteiger partial charge in [-0.2, -0.15) is 0 Å². The lowest BCUT2D eigenvalue weighted by atomic mass is 9.82. The van der Waals surface area contributed by atoms with Crippen LogP contribution in [0.5, 0.6) is 5.75 Å². The number of benzene rings is 1. The molecule has 4 heteroatoms. The number of rotatable bonds is 3. The van der Waals surface area contributed by atoms with Gasteiger partial charge < -0.3 is 15.2 Å². The van der Waals surface area contributed by atoms with E-state index in [2.05, 4.69) is 0 Å². The van der Waals surface area contributed by atoms with Crippen molar-refractivity contribution < 1.29 is 14.3 Å². The number of ketones is 1. The fourth-order valence-corrected chi connectivity index (χ4v) is 2.25. The monoisotopic (exact) mass is 249 g/mol. The van der Waals surface area contributed by atoms with Gasteiger partial charge in [0.15, 0.2) is 5.78 Å². The molecule has 1 saturated heterocycles. The molecule has 0 spiro atoms. The van der Waals surface area contributed by atoms with Crippen LogP contribution < -0.4 is 10.5 Å². The second-order valence-electron chi connectivity index (χ2n) is 4.78. The summed E-state index contributed by atoms with van der Waals surface area (Å²) in [5.41, 5.74) is 7.01. The number of Topliss-reactive ketones (excluding diaryl/α,β-unsaturated/α-hetero) is 1. The molecule has 2 N–H and O–H groups in total. The minimum absolute atomic E-state index is 0.00551. The van der Waals surface area contributed by atoms with Gasteiger partial charge in [0.25, 0.3) is 0 Å². The van der Waals surface area contributed by atoms with Gasteiger partial charge in [-0.25, -0.2) is 0 Å². The van der Waals surface area contributed by atoms with Crippen LogP contribution in [-0.2, 0) is 4.74 Å². The molecule has 98 valence electrons. The van der Waals surface area contributed by atoms with Gasteiger partial charge in [0.1, 0.15) is 5.75 Å². The number of ether oxygens (including phenoxy) is 2. The molecule has 0 bridgehead atoms. The fourth-order valence-electron chi connectivity index (χ4n) is 2.25. The van der Waals surface area contributed by atoms with Crippen molar-refractivity contribution >= 4 is 5.78 Å². The van der Waals surface area contributed by atoms with Crippen molar-refractivity contribution in [2.45, 2.75) is 25.3 Å². The van der Waals surface area contributed by atoms with E-state index in [0.717, 1.165) is 11.3 Å². The van der Waals surface area contributed by atoms with Crippen molar-refractivity contribution in [3.8, 4) is 5.75 Å². The van der Waals surface area contributed by atoms with E-state index in [0.29, 0.717) is 31.6 Å². The lowest BCUT2D eigenvalue weighted by Crippen LogP contribution is -2.52. The topological polar surface area (TPSA) is 61.5 Å². The van der Waals surface area contributed by atoms with Gasteiger partial charge >= 0.3 is 0 Å². The number of aryl methyl sites for hydroxylation is 1. The van der Waals surface area contributed by atoms with Crippen molar-refractivity contribution in [1.82, 2.24) is 0 Å². The maximum Gasteiger partial charge on any atom is 0.183 e. The maximum atomic E-state index is 12.5. The Labute approximate surface area is 107 Å². The molecular weight excluding hydrogens is 230 g/mol. The molecule has 0 radical (unpaired) electrons. The zero-order valence-corrected chi connectivity index (χ0v) is 10.9. The summed E-state index contributed by atoms with van der Waals surface area (Å²) in [5, 5.41) is 0. The molecule has 0 amide bonds. The Morgan fingerprint density at radius 1 is 1.39 bits per heavy atom. The van der Waals surface area contributed by atoms with Gasteiger partial charge in [0.2, 0.25) is 0 Å². The van der Waals surface area contributed by atoms with Crippen molar-refractivity contribution in [2.75, 3.05) is 20.3 Å². The molecule has 1 fully saturated rings. The highest BCUT2D eigenvalue weighted by atomic mass is 16.5. The SMILES string of the molecule is COc1ccc(C(=O)C2(N)CCOCC2)c(C)c1. The Hall–Kier alpha value is -1.39. The summed E-state index contributed by atoms with van der Waals surface area (Å²) in [6, 6.07) is 5.44. The van der Waals surface area contributed by atoms with Crippen molar-refractivity contribution in [3.63, 3.8) is 0 Å². The number of hydrogen-bond donors (Lipinski definition) is 1. The van der Waals surface area contributed by atoms with Crippen LogP contribution in [0.1, 0.15) is 28.8 Å². The first kappa shape index (κ1) is 13.1. The second kappa shape index (κ2) is 5.08. The van der Waals surface area contributed by atoms with E-state index in [-0.39, 0.29) is 5.78 Å². The zero-order valence-electron chi connectivity index (χ0n) is 10.9. The third-order valence-corrected chi connectivity index (χ3v) is 3.52. The summed E-state index contributed by atoms with van der Waals surface area (Å²) in [7, 11) is 1.61. The lowest BCUT2D eigenvalue weighted by Gasteiger charge is -2.32. The Bertz CT molecular complexity index is 450. The number of carbonyl (C=O) groups excluding carboxylic acids is 1. The van der Waals surface area contributed by atoms with Gasteiger partial charge in [-0.3, -0.25) is 4.79 Å². The molecule has 1 aromatic rings. The molecule has 0 unspecified atom stereocenters. The summed E-state index contributed by atoms with van der Waals surface area (Å²) < 4.78 is 10.4. The first-order chi connectivity index (χ1) is 8.57. The Balaban J connectivity index is 2.28. The van der Waals surface area contributed by atoms with Gasteiger partial charge in [0.05, 0.1) is 12.6 Å². The van der Waals surface area contributed by atoms with Gasteiger partial charge in [-0.1, -0.05) is 0 Å². The van der Waals surface area contributed by atoms with Crippen LogP contribution in [0.2, 0.25) is 0 Å². The standard InChI is InChI=1S/C14H19NO3/c1-10-9-11(17-2)3-4-12(10)13(16)14(15)5-7-18-8-6-14/h3-4,9H,5-8,15H2,1-2H3. The van der Waals surface area contributed by atoms with E-state index in [1.54, 1.807) is 19.2 Å². The predicted octanol–water partition coefficient (Wildman–Crippen LogP) is 1.69. The third kappa shape index (κ3) is 2.40. The molecule has 18 heavy (non-hydrogen) atoms. The molecule has 0 aromatic heterocycles. The van der Waals surface area contributed by atoms with Crippen molar-refractivity contribution in [2.24, 2.45) is 5.73 Å². The van der Waals surface area contributed by atoms with E-state index < -0.39 is 5.54 Å². The second-order valence-corrected chi connectivity index (χ2v) is 4.78. The third-order valence-electron chi connectivity index (χ3n) is 3.52. The highest BCUT2D eigenvalue weighted by Crippen LogP contribution is 2.26. The quantitative estimate of drug-likeness (QED) is 0.828. The molecular formula is C14H19NO3. The average molecular weight is 249 g/mol. The average Bonchev–Trinajstić information content (AvgIpc) is 2.38. The number of carbonyl (C=O) groups is 1. The summed E-state index contributed by atoms with van der Waals surface area (Å²) in [4.78, 5) is 12.5. The van der Waals surface area contributed by atoms with Crippen LogP contribution in [0.4, 0.5) is 0 Å². The minimum atomic E-state index is -0.780. The number of hydrogen-bond acceptors (Lipinski definition) is 4. The molecule has 1 heterocycles. The van der Waals surface area contributed by atoms with Crippen LogP contribution >= 0.6 is 0 Å². The summed E-state index contributed by atoms with van der Waals surface area (Å²) in [6.07, 6.45) is 1.16. The van der Waals surface area contributed by atoms with Crippen molar-refractivity contribution in [3.05, 3.63) is 29.3 Å². The zero-order chi connectivity index (χ0) is 13.2. The van der Waals surface area contributed by atoms with Crippen LogP contribution in [-0.4, -0.2) is 31.6 Å². The Morgan fingerprint density at radius 2 is 2.06 bits per heavy atom. The normalized spacial score (nSPS) is 18.4. The van der Waals surface area contributed by atoms with Crippen LogP contribution in [0.15, 0.2) is 18.2 Å². The molecule has 0 aliphatic carbocycles. The van der Waals surface area contributed by atoms with Gasteiger partial charge in [-0.15, -0.1) is 0 Å². The van der Waals surface area contributed by atoms with E-state index in [9.17, 15) is 4.79 Å². The predicted molar refractivity (Wildman–Crippen MR) is 69.0 cm³/mol. The number of nitrogens with two attached hydrogens (primary N) is 1. The van der Waals surface area contributed by atoms with Crippen molar-refractivity contribution in [1.29, 1.82) is 0 Å². The highest BCUT2D eigenvalue weighted by Gasteiger charge is 2.36. The molecule has 0 atom stereocenters. The maximum absolute atomic E-state index is 12.5. The van der Waals surface area contributed by atoms with Gasteiger partial charge in [-0.05, 0) is 43.5 Å². The van der Waals surface area contributed by atoms with Gasteiger partial charge in [0, 0.05) is 18.8 Å². The minimum Gasteiger partial charge on any atom is -0.497 e. The van der Waals surface area contributed by atoms with Crippen LogP contribution in [0.3, 0.4) is 0 Å². The number of methoxy groups -OCH3 is 1. The summed E-state index contributed by atoms with van der Waals surface area (Å²) in [6.45, 7) is 3.01. The first-order valence-electron chi connectivity index (χ1n) is 6.13. The van der Waals surface area contributed by atoms with E-state index in [1.165, 1.54) is 0 Å². The van der Waals surface area contributed by atoms with E-state index in [1.807, 2.05) is 13.0 Å². The Kier molecular flexibility index (Phi) is 3.68. The van der Waals surface area contributed by atoms with E-state index in [4.69, 9.17) is 15.2 Å². The first-order valence-corrected chi connectivity index (χ1v) is 6.13. The molecule has 2 rings (SSSR count). The molecule has 1 aliphatic rings. The van der Waals surface area contributed by atoms with Crippen LogP contribution in [0.25, 0.3) is 0 Å². The molecule has 4 nitrogen and oxygen atoms in total. The van der Waals surface area contributed by atoms with E-state index >= 15 is 0 Å².